The van der Waals surface area contributed by atoms with Gasteiger partial charge in [0.25, 0.3) is 0 Å². The average molecular weight is 383 g/mol. The summed E-state index contributed by atoms with van der Waals surface area (Å²) in [6.07, 6.45) is 0. The van der Waals surface area contributed by atoms with E-state index in [1.165, 1.54) is 44.5 Å². The molecule has 0 saturated carbocycles. The highest BCUT2D eigenvalue weighted by Crippen LogP contribution is 2.38. The Morgan fingerprint density at radius 2 is 0.500 bits per heavy atom. The molecule has 0 aliphatic carbocycles. The molecule has 30 heavy (non-hydrogen) atoms. The number of benzene rings is 5. The van der Waals surface area contributed by atoms with Gasteiger partial charge in [-0.15, -0.1) is 0 Å². The topological polar surface area (TPSA) is 0 Å². The molecule has 0 saturated heterocycles. The van der Waals surface area contributed by atoms with Gasteiger partial charge in [0.1, 0.15) is 0 Å². The summed E-state index contributed by atoms with van der Waals surface area (Å²) in [5, 5.41) is 0. The quantitative estimate of drug-likeness (QED) is 0.293. The maximum atomic E-state index is 2.23. The molecule has 0 bridgehead atoms. The second-order valence-electron chi connectivity index (χ2n) is 7.40. The summed E-state index contributed by atoms with van der Waals surface area (Å²) in [6, 6.07) is 47.4. The Hall–Kier alpha value is -3.90. The molecule has 0 heteroatoms. The van der Waals surface area contributed by atoms with Gasteiger partial charge < -0.3 is 0 Å². The minimum Gasteiger partial charge on any atom is -0.0622 e. The first-order valence-corrected chi connectivity index (χ1v) is 10.3. The van der Waals surface area contributed by atoms with E-state index in [-0.39, 0.29) is 0 Å². The molecule has 0 fully saturated rings. The van der Waals surface area contributed by atoms with Crippen molar-refractivity contribution in [3.8, 4) is 44.5 Å². The van der Waals surface area contributed by atoms with E-state index < -0.39 is 0 Å². The lowest BCUT2D eigenvalue weighted by atomic mass is 9.89. The van der Waals surface area contributed by atoms with Gasteiger partial charge in [-0.05, 0) is 44.5 Å². The molecule has 142 valence electrons. The fourth-order valence-electron chi connectivity index (χ4n) is 4.03. The van der Waals surface area contributed by atoms with Crippen LogP contribution in [-0.2, 0) is 0 Å². The van der Waals surface area contributed by atoms with E-state index in [9.17, 15) is 0 Å². The molecule has 0 N–H and O–H groups in total. The number of hydrogen-bond acceptors (Lipinski definition) is 0. The minimum absolute atomic E-state index is 1.23. The largest absolute Gasteiger partial charge is 0.0622 e. The molecule has 5 aromatic carbocycles. The molecular formula is C30H22. The lowest BCUT2D eigenvalue weighted by Crippen LogP contribution is -1.89. The molecular weight excluding hydrogens is 360 g/mol. The molecule has 0 nitrogen and oxygen atoms in total. The van der Waals surface area contributed by atoms with E-state index in [1.54, 1.807) is 0 Å². The summed E-state index contributed by atoms with van der Waals surface area (Å²) in [7, 11) is 0. The van der Waals surface area contributed by atoms with Crippen molar-refractivity contribution >= 4 is 0 Å². The Morgan fingerprint density at radius 1 is 0.200 bits per heavy atom. The Kier molecular flexibility index (Phi) is 4.98. The van der Waals surface area contributed by atoms with Crippen molar-refractivity contribution in [3.63, 3.8) is 0 Å². The lowest BCUT2D eigenvalue weighted by Gasteiger charge is -2.15. The molecule has 0 aromatic heterocycles. The van der Waals surface area contributed by atoms with E-state index >= 15 is 0 Å². The first-order chi connectivity index (χ1) is 14.9. The molecule has 5 rings (SSSR count). The van der Waals surface area contributed by atoms with Crippen LogP contribution in [0.3, 0.4) is 0 Å². The van der Waals surface area contributed by atoms with Crippen LogP contribution in [0.2, 0.25) is 0 Å². The Balaban J connectivity index is 1.60. The van der Waals surface area contributed by atoms with Gasteiger partial charge in [0.15, 0.2) is 0 Å². The monoisotopic (exact) mass is 382 g/mol. The standard InChI is InChI=1S/C30H22/c1-3-11-23(12-4-1)24-19-21-26(22-20-24)28-16-8-10-18-30(28)29-17-9-7-15-27(29)25-13-5-2-6-14-25/h1-22H. The van der Waals surface area contributed by atoms with Crippen LogP contribution < -0.4 is 0 Å². The predicted octanol–water partition coefficient (Wildman–Crippen LogP) is 8.35. The molecule has 0 amide bonds. The second-order valence-corrected chi connectivity index (χ2v) is 7.40. The van der Waals surface area contributed by atoms with Gasteiger partial charge in [0.2, 0.25) is 0 Å². The van der Waals surface area contributed by atoms with Crippen molar-refractivity contribution < 1.29 is 0 Å². The lowest BCUT2D eigenvalue weighted by molar-refractivity contribution is 1.55. The van der Waals surface area contributed by atoms with Crippen LogP contribution in [0.4, 0.5) is 0 Å². The third-order valence-corrected chi connectivity index (χ3v) is 5.53. The first kappa shape index (κ1) is 18.1. The summed E-state index contributed by atoms with van der Waals surface area (Å²) >= 11 is 0. The fraction of sp³-hybridized carbons (Fsp3) is 0. The molecule has 5 aromatic rings. The van der Waals surface area contributed by atoms with E-state index in [0.29, 0.717) is 0 Å². The van der Waals surface area contributed by atoms with Gasteiger partial charge in [-0.3, -0.25) is 0 Å². The van der Waals surface area contributed by atoms with Crippen LogP contribution >= 0.6 is 0 Å². The smallest absolute Gasteiger partial charge is 0.00992 e. The first-order valence-electron chi connectivity index (χ1n) is 10.3. The second kappa shape index (κ2) is 8.23. The summed E-state index contributed by atoms with van der Waals surface area (Å²) in [6.45, 7) is 0. The van der Waals surface area contributed by atoms with Crippen molar-refractivity contribution in [1.29, 1.82) is 0 Å². The zero-order chi connectivity index (χ0) is 20.2. The Labute approximate surface area is 178 Å². The summed E-state index contributed by atoms with van der Waals surface area (Å²) in [5.41, 5.74) is 9.96. The Morgan fingerprint density at radius 3 is 1.00 bits per heavy atom. The number of rotatable bonds is 4. The van der Waals surface area contributed by atoms with E-state index in [2.05, 4.69) is 133 Å². The van der Waals surface area contributed by atoms with E-state index in [4.69, 9.17) is 0 Å². The van der Waals surface area contributed by atoms with Crippen molar-refractivity contribution in [2.24, 2.45) is 0 Å². The SMILES string of the molecule is c1ccc(-c2ccc(-c3ccccc3-c3ccccc3-c3ccccc3)cc2)cc1. The van der Waals surface area contributed by atoms with Crippen LogP contribution in [-0.4, -0.2) is 0 Å². The van der Waals surface area contributed by atoms with Crippen LogP contribution in [0.5, 0.6) is 0 Å². The van der Waals surface area contributed by atoms with Crippen LogP contribution in [0.1, 0.15) is 0 Å². The van der Waals surface area contributed by atoms with Crippen molar-refractivity contribution in [2.75, 3.05) is 0 Å². The Bertz CT molecular complexity index is 1250. The van der Waals surface area contributed by atoms with Crippen LogP contribution in [0, 0.1) is 0 Å². The third-order valence-electron chi connectivity index (χ3n) is 5.53. The summed E-state index contributed by atoms with van der Waals surface area (Å²) in [4.78, 5) is 0. The normalized spacial score (nSPS) is 10.7. The van der Waals surface area contributed by atoms with Gasteiger partial charge in [-0.25, -0.2) is 0 Å². The van der Waals surface area contributed by atoms with Gasteiger partial charge in [-0.2, -0.15) is 0 Å². The van der Waals surface area contributed by atoms with Gasteiger partial charge >= 0.3 is 0 Å². The van der Waals surface area contributed by atoms with Crippen molar-refractivity contribution in [1.82, 2.24) is 0 Å². The van der Waals surface area contributed by atoms with Gasteiger partial charge in [-0.1, -0.05) is 133 Å². The van der Waals surface area contributed by atoms with Crippen LogP contribution in [0.15, 0.2) is 133 Å². The predicted molar refractivity (Wildman–Crippen MR) is 128 cm³/mol. The molecule has 0 heterocycles. The third kappa shape index (κ3) is 3.56. The molecule has 0 radical (unpaired) electrons. The average Bonchev–Trinajstić information content (AvgIpc) is 2.85. The highest BCUT2D eigenvalue weighted by Gasteiger charge is 2.12. The zero-order valence-electron chi connectivity index (χ0n) is 16.7. The molecule has 0 unspecified atom stereocenters. The van der Waals surface area contributed by atoms with Crippen LogP contribution in [0.25, 0.3) is 44.5 Å². The molecule has 0 atom stereocenters. The minimum atomic E-state index is 1.23. The maximum absolute atomic E-state index is 2.23. The summed E-state index contributed by atoms with van der Waals surface area (Å²) < 4.78 is 0. The fourth-order valence-corrected chi connectivity index (χ4v) is 4.03. The number of hydrogen-bond donors (Lipinski definition) is 0. The zero-order valence-corrected chi connectivity index (χ0v) is 16.7. The molecule has 0 spiro atoms. The van der Waals surface area contributed by atoms with E-state index in [0.717, 1.165) is 0 Å². The molecule has 0 aliphatic rings. The van der Waals surface area contributed by atoms with E-state index in [1.807, 2.05) is 0 Å². The molecule has 0 aliphatic heterocycles. The maximum Gasteiger partial charge on any atom is -0.00992 e. The van der Waals surface area contributed by atoms with Gasteiger partial charge in [0.05, 0.1) is 0 Å². The van der Waals surface area contributed by atoms with Gasteiger partial charge in [0, 0.05) is 0 Å². The highest BCUT2D eigenvalue weighted by atomic mass is 14.2. The summed E-state index contributed by atoms with van der Waals surface area (Å²) in [5.74, 6) is 0. The van der Waals surface area contributed by atoms with Crippen molar-refractivity contribution in [3.05, 3.63) is 133 Å². The van der Waals surface area contributed by atoms with Crippen molar-refractivity contribution in [2.45, 2.75) is 0 Å². The highest BCUT2D eigenvalue weighted by molar-refractivity contribution is 5.91.